The monoisotopic (exact) mass is 404 g/mol. The fourth-order valence-electron chi connectivity index (χ4n) is 2.78. The molecule has 0 unspecified atom stereocenters. The van der Waals surface area contributed by atoms with Crippen molar-refractivity contribution in [2.24, 2.45) is 0 Å². The first kappa shape index (κ1) is 20.4. The van der Waals surface area contributed by atoms with Crippen LogP contribution in [-0.4, -0.2) is 30.9 Å². The van der Waals surface area contributed by atoms with Gasteiger partial charge in [-0.2, -0.15) is 13.2 Å². The molecule has 29 heavy (non-hydrogen) atoms. The molecule has 0 radical (unpaired) electrons. The summed E-state index contributed by atoms with van der Waals surface area (Å²) in [6.07, 6.45) is -3.83. The van der Waals surface area contributed by atoms with Gasteiger partial charge in [0.25, 0.3) is 5.91 Å². The summed E-state index contributed by atoms with van der Waals surface area (Å²) < 4.78 is 49.6. The highest BCUT2D eigenvalue weighted by atomic mass is 19.4. The minimum atomic E-state index is -4.57. The number of amides is 1. The Balaban J connectivity index is 1.89. The number of hydrogen-bond acceptors (Lipinski definition) is 4. The number of methoxy groups -OCH3 is 1. The Morgan fingerprint density at radius 3 is 2.31 bits per heavy atom. The third-order valence-corrected chi connectivity index (χ3v) is 4.34. The van der Waals surface area contributed by atoms with E-state index in [4.69, 9.17) is 9.26 Å². The summed E-state index contributed by atoms with van der Waals surface area (Å²) in [5, 5.41) is 3.68. The smallest absolute Gasteiger partial charge is 0.406 e. The van der Waals surface area contributed by atoms with E-state index in [-0.39, 0.29) is 17.1 Å². The fourth-order valence-corrected chi connectivity index (χ4v) is 2.78. The molecule has 3 aromatic rings. The predicted molar refractivity (Wildman–Crippen MR) is 102 cm³/mol. The van der Waals surface area contributed by atoms with Crippen LogP contribution in [0.3, 0.4) is 0 Å². The van der Waals surface area contributed by atoms with E-state index in [0.717, 1.165) is 12.0 Å². The van der Waals surface area contributed by atoms with Gasteiger partial charge in [-0.3, -0.25) is 9.69 Å². The van der Waals surface area contributed by atoms with Crippen molar-refractivity contribution in [1.82, 2.24) is 5.16 Å². The number of benzene rings is 2. The van der Waals surface area contributed by atoms with Gasteiger partial charge in [-0.15, -0.1) is 0 Å². The molecule has 0 atom stereocenters. The van der Waals surface area contributed by atoms with Crippen LogP contribution in [0.2, 0.25) is 0 Å². The summed E-state index contributed by atoms with van der Waals surface area (Å²) in [6, 6.07) is 14.5. The highest BCUT2D eigenvalue weighted by Crippen LogP contribution is 2.27. The van der Waals surface area contributed by atoms with E-state index in [9.17, 15) is 18.0 Å². The van der Waals surface area contributed by atoms with Crippen molar-refractivity contribution in [1.29, 1.82) is 0 Å². The molecule has 0 saturated heterocycles. The molecular formula is C21H19F3N2O3. The van der Waals surface area contributed by atoms with Crippen LogP contribution in [0.1, 0.15) is 23.0 Å². The number of ether oxygens (including phenoxy) is 1. The molecule has 0 aliphatic rings. The average Bonchev–Trinajstić information content (AvgIpc) is 3.21. The Labute approximate surface area is 165 Å². The lowest BCUT2D eigenvalue weighted by Gasteiger charge is -2.23. The van der Waals surface area contributed by atoms with Crippen LogP contribution in [-0.2, 0) is 6.42 Å². The molecule has 1 amide bonds. The van der Waals surface area contributed by atoms with E-state index in [1.165, 1.54) is 25.3 Å². The predicted octanol–water partition coefficient (Wildman–Crippen LogP) is 5.12. The van der Waals surface area contributed by atoms with E-state index in [1.807, 2.05) is 6.92 Å². The lowest BCUT2D eigenvalue weighted by Crippen LogP contribution is -2.39. The summed E-state index contributed by atoms with van der Waals surface area (Å²) in [5.74, 6) is 0.0100. The van der Waals surface area contributed by atoms with Crippen LogP contribution < -0.4 is 9.64 Å². The first-order valence-electron chi connectivity index (χ1n) is 8.89. The van der Waals surface area contributed by atoms with Crippen LogP contribution in [0.5, 0.6) is 5.75 Å². The number of aromatic nitrogens is 1. The molecule has 152 valence electrons. The van der Waals surface area contributed by atoms with Crippen molar-refractivity contribution in [2.45, 2.75) is 19.5 Å². The zero-order valence-corrected chi connectivity index (χ0v) is 15.9. The number of halogens is 3. The fraction of sp³-hybridized carbons (Fsp3) is 0.238. The molecule has 5 nitrogen and oxygen atoms in total. The van der Waals surface area contributed by atoms with Gasteiger partial charge in [-0.25, -0.2) is 0 Å². The molecule has 0 fully saturated rings. The van der Waals surface area contributed by atoms with Crippen molar-refractivity contribution in [3.05, 3.63) is 65.9 Å². The molecule has 1 aromatic heterocycles. The highest BCUT2D eigenvalue weighted by Gasteiger charge is 2.35. The number of nitrogens with zero attached hydrogens (tertiary/aromatic N) is 2. The average molecular weight is 404 g/mol. The molecule has 8 heteroatoms. The quantitative estimate of drug-likeness (QED) is 0.572. The minimum absolute atomic E-state index is 0.138. The topological polar surface area (TPSA) is 55.6 Å². The Morgan fingerprint density at radius 2 is 1.76 bits per heavy atom. The maximum atomic E-state index is 13.1. The van der Waals surface area contributed by atoms with Crippen molar-refractivity contribution in [3.8, 4) is 17.1 Å². The van der Waals surface area contributed by atoms with Crippen LogP contribution >= 0.6 is 0 Å². The van der Waals surface area contributed by atoms with E-state index in [1.54, 1.807) is 36.4 Å². The zero-order valence-electron chi connectivity index (χ0n) is 15.9. The lowest BCUT2D eigenvalue weighted by molar-refractivity contribution is -0.118. The third kappa shape index (κ3) is 4.96. The Morgan fingerprint density at radius 1 is 1.10 bits per heavy atom. The second-order valence-electron chi connectivity index (χ2n) is 6.33. The summed E-state index contributed by atoms with van der Waals surface area (Å²) in [6.45, 7) is 0.506. The molecule has 0 aliphatic carbocycles. The first-order chi connectivity index (χ1) is 13.8. The molecular weight excluding hydrogens is 385 g/mol. The normalized spacial score (nSPS) is 11.3. The minimum Gasteiger partial charge on any atom is -0.497 e. The van der Waals surface area contributed by atoms with Gasteiger partial charge in [0.15, 0.2) is 11.5 Å². The van der Waals surface area contributed by atoms with E-state index in [0.29, 0.717) is 16.2 Å². The summed E-state index contributed by atoms with van der Waals surface area (Å²) in [7, 11) is 1.53. The lowest BCUT2D eigenvalue weighted by atomic mass is 10.1. The molecule has 0 N–H and O–H groups in total. The van der Waals surface area contributed by atoms with Crippen molar-refractivity contribution in [3.63, 3.8) is 0 Å². The van der Waals surface area contributed by atoms with Gasteiger partial charge in [0.1, 0.15) is 12.3 Å². The number of alkyl halides is 3. The van der Waals surface area contributed by atoms with Gasteiger partial charge in [-0.1, -0.05) is 24.2 Å². The van der Waals surface area contributed by atoms with Crippen molar-refractivity contribution < 1.29 is 27.2 Å². The van der Waals surface area contributed by atoms with Gasteiger partial charge < -0.3 is 9.26 Å². The van der Waals surface area contributed by atoms with E-state index < -0.39 is 18.6 Å². The molecule has 0 bridgehead atoms. The molecule has 2 aromatic carbocycles. The maximum Gasteiger partial charge on any atom is 0.406 e. The number of carbonyl (C=O) groups excluding carboxylic acids is 1. The van der Waals surface area contributed by atoms with Gasteiger partial charge in [0.05, 0.1) is 7.11 Å². The number of carbonyl (C=O) groups is 1. The molecule has 3 rings (SSSR count). The molecule has 1 heterocycles. The summed E-state index contributed by atoms with van der Waals surface area (Å²) in [4.78, 5) is 13.5. The van der Waals surface area contributed by atoms with Crippen LogP contribution in [0.25, 0.3) is 11.3 Å². The standard InChI is InChI=1S/C21H19F3N2O3/c1-3-14-4-8-16(9-5-14)26(13-21(22,23)24)20(27)18-12-19(29-25-18)15-6-10-17(28-2)11-7-15/h4-12H,3,13H2,1-2H3. The zero-order chi connectivity index (χ0) is 21.0. The summed E-state index contributed by atoms with van der Waals surface area (Å²) >= 11 is 0. The SMILES string of the molecule is CCc1ccc(N(CC(F)(F)F)C(=O)c2cc(-c3ccc(OC)cc3)on2)cc1. The molecule has 0 aliphatic heterocycles. The van der Waals surface area contributed by atoms with Gasteiger partial charge in [0, 0.05) is 17.3 Å². The van der Waals surface area contributed by atoms with Crippen LogP contribution in [0.4, 0.5) is 18.9 Å². The molecule has 0 saturated carbocycles. The van der Waals surface area contributed by atoms with Crippen LogP contribution in [0, 0.1) is 0 Å². The van der Waals surface area contributed by atoms with Gasteiger partial charge >= 0.3 is 6.18 Å². The number of rotatable bonds is 6. The Hall–Kier alpha value is -3.29. The van der Waals surface area contributed by atoms with Gasteiger partial charge in [-0.05, 0) is 48.4 Å². The Kier molecular flexibility index (Phi) is 5.91. The van der Waals surface area contributed by atoms with E-state index >= 15 is 0 Å². The first-order valence-corrected chi connectivity index (χ1v) is 8.89. The third-order valence-electron chi connectivity index (χ3n) is 4.34. The van der Waals surface area contributed by atoms with Gasteiger partial charge in [0.2, 0.25) is 0 Å². The van der Waals surface area contributed by atoms with E-state index in [2.05, 4.69) is 5.16 Å². The second-order valence-corrected chi connectivity index (χ2v) is 6.33. The number of aryl methyl sites for hydroxylation is 1. The maximum absolute atomic E-state index is 13.1. The number of hydrogen-bond donors (Lipinski definition) is 0. The highest BCUT2D eigenvalue weighted by molar-refractivity contribution is 6.05. The number of anilines is 1. The van der Waals surface area contributed by atoms with Crippen molar-refractivity contribution in [2.75, 3.05) is 18.6 Å². The van der Waals surface area contributed by atoms with Crippen molar-refractivity contribution >= 4 is 11.6 Å². The molecule has 0 spiro atoms. The summed E-state index contributed by atoms with van der Waals surface area (Å²) in [5.41, 5.74) is 1.50. The Bertz CT molecular complexity index is 964. The second kappa shape index (κ2) is 8.38. The van der Waals surface area contributed by atoms with Crippen LogP contribution in [0.15, 0.2) is 59.1 Å². The largest absolute Gasteiger partial charge is 0.497 e.